The van der Waals surface area contributed by atoms with Crippen molar-refractivity contribution >= 4 is 33.2 Å². The van der Waals surface area contributed by atoms with E-state index in [0.717, 1.165) is 16.2 Å². The lowest BCUT2D eigenvalue weighted by atomic mass is 10.3. The van der Waals surface area contributed by atoms with Gasteiger partial charge in [0.15, 0.2) is 0 Å². The zero-order chi connectivity index (χ0) is 18.6. The predicted molar refractivity (Wildman–Crippen MR) is 95.7 cm³/mol. The van der Waals surface area contributed by atoms with Crippen LogP contribution in [0.25, 0.3) is 0 Å². The number of thiophene rings is 1. The minimum Gasteiger partial charge on any atom is -0.351 e. The summed E-state index contributed by atoms with van der Waals surface area (Å²) >= 11 is 1.16. The van der Waals surface area contributed by atoms with E-state index in [1.165, 1.54) is 11.2 Å². The van der Waals surface area contributed by atoms with Gasteiger partial charge in [-0.1, -0.05) is 0 Å². The second-order valence-electron chi connectivity index (χ2n) is 6.15. The average molecular weight is 389 g/mol. The first-order valence-corrected chi connectivity index (χ1v) is 10.2. The summed E-state index contributed by atoms with van der Waals surface area (Å²) in [5.41, 5.74) is 0. The Kier molecular flexibility index (Phi) is 6.55. The fraction of sp³-hybridized carbons (Fsp3) is 0.600. The van der Waals surface area contributed by atoms with Gasteiger partial charge in [0.1, 0.15) is 4.21 Å². The highest BCUT2D eigenvalue weighted by atomic mass is 32.2. The third-order valence-corrected chi connectivity index (χ3v) is 7.24. The minimum absolute atomic E-state index is 0.00997. The molecular weight excluding hydrogens is 364 g/mol. The standard InChI is InChI=1S/C15H24N4O4S2/c1-12(20)16-10-13-4-5-15(24-13)25(22,23)19-8-6-18(7-9-19)14(21)11-17(2)3/h4-5H,6-11H2,1-3H3,(H,16,20). The molecule has 1 aliphatic rings. The molecule has 0 atom stereocenters. The van der Waals surface area contributed by atoms with Crippen molar-refractivity contribution < 1.29 is 18.0 Å². The summed E-state index contributed by atoms with van der Waals surface area (Å²) in [6.07, 6.45) is 0. The molecule has 0 saturated carbocycles. The maximum Gasteiger partial charge on any atom is 0.252 e. The Balaban J connectivity index is 1.97. The smallest absolute Gasteiger partial charge is 0.252 e. The van der Waals surface area contributed by atoms with Crippen molar-refractivity contribution in [1.29, 1.82) is 0 Å². The molecule has 0 aliphatic carbocycles. The number of piperazine rings is 1. The van der Waals surface area contributed by atoms with Crippen molar-refractivity contribution in [1.82, 2.24) is 19.4 Å². The van der Waals surface area contributed by atoms with Crippen LogP contribution in [0.2, 0.25) is 0 Å². The van der Waals surface area contributed by atoms with Gasteiger partial charge in [-0.3, -0.25) is 9.59 Å². The molecule has 0 unspecified atom stereocenters. The molecule has 2 amide bonds. The van der Waals surface area contributed by atoms with Crippen LogP contribution in [0.3, 0.4) is 0 Å². The lowest BCUT2D eigenvalue weighted by molar-refractivity contribution is -0.133. The SMILES string of the molecule is CC(=O)NCc1ccc(S(=O)(=O)N2CCN(C(=O)CN(C)C)CC2)s1. The van der Waals surface area contributed by atoms with Crippen molar-refractivity contribution in [2.75, 3.05) is 46.8 Å². The summed E-state index contributed by atoms with van der Waals surface area (Å²) in [6, 6.07) is 3.28. The van der Waals surface area contributed by atoms with Crippen LogP contribution < -0.4 is 5.32 Å². The summed E-state index contributed by atoms with van der Waals surface area (Å²) < 4.78 is 27.1. The normalized spacial score (nSPS) is 16.2. The Morgan fingerprint density at radius 2 is 1.84 bits per heavy atom. The summed E-state index contributed by atoms with van der Waals surface area (Å²) in [4.78, 5) is 27.3. The van der Waals surface area contributed by atoms with Crippen LogP contribution in [0.1, 0.15) is 11.8 Å². The molecular formula is C15H24N4O4S2. The van der Waals surface area contributed by atoms with Crippen molar-refractivity contribution in [3.8, 4) is 0 Å². The van der Waals surface area contributed by atoms with Crippen molar-refractivity contribution in [3.63, 3.8) is 0 Å². The number of amides is 2. The van der Waals surface area contributed by atoms with E-state index in [1.807, 2.05) is 14.1 Å². The highest BCUT2D eigenvalue weighted by Crippen LogP contribution is 2.25. The van der Waals surface area contributed by atoms with E-state index in [2.05, 4.69) is 5.32 Å². The highest BCUT2D eigenvalue weighted by molar-refractivity contribution is 7.91. The molecule has 1 fully saturated rings. The first-order chi connectivity index (χ1) is 11.7. The van der Waals surface area contributed by atoms with E-state index in [1.54, 1.807) is 21.9 Å². The van der Waals surface area contributed by atoms with Gasteiger partial charge in [0.05, 0.1) is 13.1 Å². The number of hydrogen-bond acceptors (Lipinski definition) is 6. The molecule has 0 aromatic carbocycles. The largest absolute Gasteiger partial charge is 0.351 e. The lowest BCUT2D eigenvalue weighted by Gasteiger charge is -2.34. The second kappa shape index (κ2) is 8.26. The Hall–Kier alpha value is -1.49. The van der Waals surface area contributed by atoms with E-state index in [9.17, 15) is 18.0 Å². The number of sulfonamides is 1. The van der Waals surface area contributed by atoms with Gasteiger partial charge in [-0.25, -0.2) is 8.42 Å². The zero-order valence-electron chi connectivity index (χ0n) is 14.7. The Morgan fingerprint density at radius 1 is 1.20 bits per heavy atom. The molecule has 1 N–H and O–H groups in total. The maximum atomic E-state index is 12.7. The number of carbonyl (C=O) groups excluding carboxylic acids is 2. The predicted octanol–water partition coefficient (Wildman–Crippen LogP) is -0.221. The second-order valence-corrected chi connectivity index (χ2v) is 9.49. The maximum absolute atomic E-state index is 12.7. The minimum atomic E-state index is -3.56. The van der Waals surface area contributed by atoms with Crippen LogP contribution in [0, 0.1) is 0 Å². The van der Waals surface area contributed by atoms with Crippen LogP contribution in [-0.4, -0.2) is 81.2 Å². The molecule has 0 radical (unpaired) electrons. The molecule has 1 aromatic heterocycles. The van der Waals surface area contributed by atoms with Crippen LogP contribution in [-0.2, 0) is 26.2 Å². The van der Waals surface area contributed by atoms with Gasteiger partial charge in [0.2, 0.25) is 11.8 Å². The molecule has 0 bridgehead atoms. The molecule has 10 heteroatoms. The molecule has 8 nitrogen and oxygen atoms in total. The number of rotatable bonds is 6. The topological polar surface area (TPSA) is 90.0 Å². The van der Waals surface area contributed by atoms with Crippen LogP contribution in [0.5, 0.6) is 0 Å². The van der Waals surface area contributed by atoms with Crippen molar-refractivity contribution in [2.24, 2.45) is 0 Å². The Morgan fingerprint density at radius 3 is 2.40 bits per heavy atom. The molecule has 2 rings (SSSR count). The molecule has 140 valence electrons. The third kappa shape index (κ3) is 5.24. The summed E-state index contributed by atoms with van der Waals surface area (Å²) in [6.45, 7) is 3.45. The molecule has 2 heterocycles. The van der Waals surface area contributed by atoms with E-state index in [4.69, 9.17) is 0 Å². The fourth-order valence-electron chi connectivity index (χ4n) is 2.48. The number of carbonyl (C=O) groups is 2. The zero-order valence-corrected chi connectivity index (χ0v) is 16.3. The summed E-state index contributed by atoms with van der Waals surface area (Å²) in [5, 5.41) is 2.65. The average Bonchev–Trinajstić information content (AvgIpc) is 3.02. The van der Waals surface area contributed by atoms with Gasteiger partial charge in [-0.05, 0) is 26.2 Å². The monoisotopic (exact) mass is 388 g/mol. The van der Waals surface area contributed by atoms with Gasteiger partial charge in [-0.15, -0.1) is 11.3 Å². The Labute approximate surface area is 152 Å². The molecule has 1 aliphatic heterocycles. The highest BCUT2D eigenvalue weighted by Gasteiger charge is 2.31. The van der Waals surface area contributed by atoms with Gasteiger partial charge in [-0.2, -0.15) is 4.31 Å². The molecule has 1 aromatic rings. The molecule has 25 heavy (non-hydrogen) atoms. The van der Waals surface area contributed by atoms with E-state index < -0.39 is 10.0 Å². The fourth-order valence-corrected chi connectivity index (χ4v) is 5.35. The molecule has 1 saturated heterocycles. The quantitative estimate of drug-likeness (QED) is 0.728. The van der Waals surface area contributed by atoms with Crippen LogP contribution in [0.15, 0.2) is 16.3 Å². The third-order valence-electron chi connectivity index (χ3n) is 3.79. The van der Waals surface area contributed by atoms with Crippen molar-refractivity contribution in [3.05, 3.63) is 17.0 Å². The lowest BCUT2D eigenvalue weighted by Crippen LogP contribution is -2.52. The number of likely N-dealkylation sites (N-methyl/N-ethyl adjacent to an activating group) is 1. The van der Waals surface area contributed by atoms with E-state index in [0.29, 0.717) is 39.3 Å². The van der Waals surface area contributed by atoms with Gasteiger partial charge >= 0.3 is 0 Å². The van der Waals surface area contributed by atoms with E-state index in [-0.39, 0.29) is 16.0 Å². The Bertz CT molecular complexity index is 722. The summed E-state index contributed by atoms with van der Waals surface area (Å²) in [7, 11) is 0.0935. The van der Waals surface area contributed by atoms with Gasteiger partial charge in [0.25, 0.3) is 10.0 Å². The molecule has 0 spiro atoms. The van der Waals surface area contributed by atoms with Crippen LogP contribution in [0.4, 0.5) is 0 Å². The number of nitrogens with one attached hydrogen (secondary N) is 1. The van der Waals surface area contributed by atoms with Crippen molar-refractivity contribution in [2.45, 2.75) is 17.7 Å². The van der Waals surface area contributed by atoms with Gasteiger partial charge < -0.3 is 15.1 Å². The number of hydrogen-bond donors (Lipinski definition) is 1. The van der Waals surface area contributed by atoms with Crippen LogP contribution >= 0.6 is 11.3 Å². The first-order valence-electron chi connectivity index (χ1n) is 7.96. The number of nitrogens with zero attached hydrogens (tertiary/aromatic N) is 3. The van der Waals surface area contributed by atoms with Gasteiger partial charge in [0, 0.05) is 38.0 Å². The van der Waals surface area contributed by atoms with E-state index >= 15 is 0 Å². The summed E-state index contributed by atoms with van der Waals surface area (Å²) in [5.74, 6) is -0.146. The first kappa shape index (κ1) is 19.8.